The second kappa shape index (κ2) is 7.75. The monoisotopic (exact) mass is 402 g/mol. The Balaban J connectivity index is 1.85. The van der Waals surface area contributed by atoms with Gasteiger partial charge in [-0.3, -0.25) is 9.59 Å². The Morgan fingerprint density at radius 2 is 1.50 bits per heavy atom. The molecule has 4 rings (SSSR count). The highest BCUT2D eigenvalue weighted by Gasteiger charge is 2.43. The third-order valence-electron chi connectivity index (χ3n) is 6.56. The predicted molar refractivity (Wildman–Crippen MR) is 121 cm³/mol. The molecular formula is C26H30N2O2. The summed E-state index contributed by atoms with van der Waals surface area (Å²) >= 11 is 0. The van der Waals surface area contributed by atoms with Crippen LogP contribution in [-0.2, 0) is 9.59 Å². The van der Waals surface area contributed by atoms with Crippen molar-refractivity contribution in [3.05, 3.63) is 69.9 Å². The molecule has 30 heavy (non-hydrogen) atoms. The van der Waals surface area contributed by atoms with Crippen LogP contribution < -0.4 is 4.90 Å². The van der Waals surface area contributed by atoms with E-state index >= 15 is 0 Å². The van der Waals surface area contributed by atoms with Crippen LogP contribution in [0.3, 0.4) is 0 Å². The van der Waals surface area contributed by atoms with Gasteiger partial charge >= 0.3 is 0 Å². The number of likely N-dealkylation sites (tertiary alicyclic amines) is 1. The van der Waals surface area contributed by atoms with E-state index < -0.39 is 0 Å². The van der Waals surface area contributed by atoms with Gasteiger partial charge in [0.05, 0.1) is 11.3 Å². The van der Waals surface area contributed by atoms with E-state index in [0.717, 1.165) is 53.7 Å². The molecule has 0 bridgehead atoms. The summed E-state index contributed by atoms with van der Waals surface area (Å²) < 4.78 is 0. The minimum absolute atomic E-state index is 0.201. The Bertz CT molecular complexity index is 1060. The van der Waals surface area contributed by atoms with Gasteiger partial charge in [0.2, 0.25) is 0 Å². The fraction of sp³-hybridized carbons (Fsp3) is 0.385. The molecule has 2 aromatic carbocycles. The summed E-state index contributed by atoms with van der Waals surface area (Å²) in [6.07, 6.45) is 2.07. The summed E-state index contributed by atoms with van der Waals surface area (Å²) in [7, 11) is 0. The third-order valence-corrected chi connectivity index (χ3v) is 6.56. The first-order chi connectivity index (χ1) is 14.3. The van der Waals surface area contributed by atoms with Crippen LogP contribution in [-0.4, -0.2) is 29.8 Å². The van der Waals surface area contributed by atoms with Gasteiger partial charge < -0.3 is 4.90 Å². The van der Waals surface area contributed by atoms with Gasteiger partial charge in [0.1, 0.15) is 5.70 Å². The Morgan fingerprint density at radius 1 is 0.800 bits per heavy atom. The van der Waals surface area contributed by atoms with Crippen molar-refractivity contribution in [2.24, 2.45) is 5.92 Å². The summed E-state index contributed by atoms with van der Waals surface area (Å²) in [4.78, 5) is 30.9. The highest BCUT2D eigenvalue weighted by Crippen LogP contribution is 2.38. The molecule has 2 amide bonds. The van der Waals surface area contributed by atoms with Crippen molar-refractivity contribution >= 4 is 23.1 Å². The molecule has 1 saturated heterocycles. The van der Waals surface area contributed by atoms with E-state index in [0.29, 0.717) is 22.9 Å². The first-order valence-electron chi connectivity index (χ1n) is 10.8. The lowest BCUT2D eigenvalue weighted by atomic mass is 9.95. The van der Waals surface area contributed by atoms with Gasteiger partial charge in [0.25, 0.3) is 11.8 Å². The highest BCUT2D eigenvalue weighted by atomic mass is 16.2. The lowest BCUT2D eigenvalue weighted by Crippen LogP contribution is -2.38. The van der Waals surface area contributed by atoms with E-state index in [1.54, 1.807) is 0 Å². The fourth-order valence-electron chi connectivity index (χ4n) is 4.48. The van der Waals surface area contributed by atoms with Crippen LogP contribution >= 0.6 is 0 Å². The zero-order valence-electron chi connectivity index (χ0n) is 18.6. The third kappa shape index (κ3) is 3.45. The minimum atomic E-state index is -0.219. The molecule has 2 heterocycles. The maximum Gasteiger partial charge on any atom is 0.282 e. The van der Waals surface area contributed by atoms with E-state index in [1.807, 2.05) is 58.0 Å². The first kappa shape index (κ1) is 20.4. The van der Waals surface area contributed by atoms with Crippen molar-refractivity contribution in [2.75, 3.05) is 18.0 Å². The number of nitrogens with zero attached hydrogens (tertiary/aromatic N) is 2. The quantitative estimate of drug-likeness (QED) is 0.683. The Morgan fingerprint density at radius 3 is 2.13 bits per heavy atom. The highest BCUT2D eigenvalue weighted by molar-refractivity contribution is 6.45. The maximum absolute atomic E-state index is 13.7. The summed E-state index contributed by atoms with van der Waals surface area (Å²) in [6.45, 7) is 12.0. The number of carbonyl (C=O) groups is 2. The molecule has 0 spiro atoms. The van der Waals surface area contributed by atoms with Gasteiger partial charge in [-0.25, -0.2) is 4.90 Å². The molecule has 4 nitrogen and oxygen atoms in total. The standard InChI is InChI=1S/C26H30N2O2/c1-16-10-12-27(13-11-16)24-23(22-9-6-17(2)14-20(22)5)25(29)28(26(24)30)21-8-7-18(3)19(4)15-21/h6-9,14-16H,10-13H2,1-5H3. The molecule has 2 aliphatic rings. The number of hydrogen-bond donors (Lipinski definition) is 0. The summed E-state index contributed by atoms with van der Waals surface area (Å²) in [5.41, 5.74) is 7.01. The van der Waals surface area contributed by atoms with Crippen LogP contribution in [0.25, 0.3) is 5.57 Å². The van der Waals surface area contributed by atoms with E-state index in [9.17, 15) is 9.59 Å². The van der Waals surface area contributed by atoms with Crippen LogP contribution in [0.2, 0.25) is 0 Å². The Hall–Kier alpha value is -2.88. The lowest BCUT2D eigenvalue weighted by molar-refractivity contribution is -0.120. The summed E-state index contributed by atoms with van der Waals surface area (Å²) in [5.74, 6) is 0.228. The number of hydrogen-bond acceptors (Lipinski definition) is 3. The molecule has 2 aromatic rings. The SMILES string of the molecule is Cc1ccc(C2=C(N3CCC(C)CC3)C(=O)N(c3ccc(C)c(C)c3)C2=O)c(C)c1. The van der Waals surface area contributed by atoms with Crippen LogP contribution in [0.4, 0.5) is 5.69 Å². The average molecular weight is 403 g/mol. The van der Waals surface area contributed by atoms with Gasteiger partial charge in [0, 0.05) is 13.1 Å². The number of benzene rings is 2. The number of piperidine rings is 1. The number of carbonyl (C=O) groups excluding carboxylic acids is 2. The van der Waals surface area contributed by atoms with Crippen LogP contribution in [0, 0.1) is 33.6 Å². The molecule has 156 valence electrons. The van der Waals surface area contributed by atoms with Gasteiger partial charge in [0.15, 0.2) is 0 Å². The second-order valence-corrected chi connectivity index (χ2v) is 8.93. The minimum Gasteiger partial charge on any atom is -0.366 e. The van der Waals surface area contributed by atoms with Crippen molar-refractivity contribution in [3.8, 4) is 0 Å². The smallest absolute Gasteiger partial charge is 0.282 e. The lowest BCUT2D eigenvalue weighted by Gasteiger charge is -2.32. The van der Waals surface area contributed by atoms with Crippen LogP contribution in [0.15, 0.2) is 42.1 Å². The average Bonchev–Trinajstić information content (AvgIpc) is 2.95. The van der Waals surface area contributed by atoms with Crippen LogP contribution in [0.1, 0.15) is 47.6 Å². The summed E-state index contributed by atoms with van der Waals surface area (Å²) in [6, 6.07) is 11.9. The second-order valence-electron chi connectivity index (χ2n) is 8.93. The van der Waals surface area contributed by atoms with Gasteiger partial charge in [-0.1, -0.05) is 36.8 Å². The molecule has 0 radical (unpaired) electrons. The Kier molecular flexibility index (Phi) is 5.27. The zero-order chi connectivity index (χ0) is 21.6. The van der Waals surface area contributed by atoms with E-state index in [-0.39, 0.29) is 11.8 Å². The molecule has 0 N–H and O–H groups in total. The largest absolute Gasteiger partial charge is 0.366 e. The molecule has 4 heteroatoms. The molecule has 0 unspecified atom stereocenters. The number of anilines is 1. The van der Waals surface area contributed by atoms with Crippen LogP contribution in [0.5, 0.6) is 0 Å². The first-order valence-corrected chi connectivity index (χ1v) is 10.8. The zero-order valence-corrected chi connectivity index (χ0v) is 18.6. The maximum atomic E-state index is 13.7. The van der Waals surface area contributed by atoms with Crippen molar-refractivity contribution in [2.45, 2.75) is 47.5 Å². The number of amides is 2. The summed E-state index contributed by atoms with van der Waals surface area (Å²) in [5, 5.41) is 0. The Labute approximate surface area is 179 Å². The van der Waals surface area contributed by atoms with E-state index in [1.165, 1.54) is 4.90 Å². The fourth-order valence-corrected chi connectivity index (χ4v) is 4.48. The molecule has 0 aliphatic carbocycles. The molecular weight excluding hydrogens is 372 g/mol. The normalized spacial score (nSPS) is 18.0. The van der Waals surface area contributed by atoms with Crippen molar-refractivity contribution in [1.29, 1.82) is 0 Å². The molecule has 0 saturated carbocycles. The molecule has 2 aliphatic heterocycles. The van der Waals surface area contributed by atoms with Gasteiger partial charge in [-0.05, 0) is 80.8 Å². The molecule has 1 fully saturated rings. The van der Waals surface area contributed by atoms with Crippen molar-refractivity contribution in [3.63, 3.8) is 0 Å². The predicted octanol–water partition coefficient (Wildman–Crippen LogP) is 4.94. The van der Waals surface area contributed by atoms with Crippen molar-refractivity contribution < 1.29 is 9.59 Å². The van der Waals surface area contributed by atoms with Gasteiger partial charge in [-0.15, -0.1) is 0 Å². The number of aryl methyl sites for hydroxylation is 4. The number of imide groups is 1. The van der Waals surface area contributed by atoms with Gasteiger partial charge in [-0.2, -0.15) is 0 Å². The molecule has 0 atom stereocenters. The number of rotatable bonds is 3. The van der Waals surface area contributed by atoms with E-state index in [4.69, 9.17) is 0 Å². The van der Waals surface area contributed by atoms with Crippen molar-refractivity contribution in [1.82, 2.24) is 4.90 Å². The molecule has 0 aromatic heterocycles. The topological polar surface area (TPSA) is 40.6 Å². The van der Waals surface area contributed by atoms with E-state index in [2.05, 4.69) is 17.9 Å².